The molecule has 1 aromatic heterocycles. The van der Waals surface area contributed by atoms with Crippen LogP contribution < -0.4 is 0 Å². The van der Waals surface area contributed by atoms with Crippen LogP contribution >= 0.6 is 23.2 Å². The lowest BCUT2D eigenvalue weighted by molar-refractivity contribution is 0.112. The van der Waals surface area contributed by atoms with Crippen molar-refractivity contribution in [3.63, 3.8) is 0 Å². The Kier molecular flexibility index (Phi) is 3.27. The molecule has 2 rings (SSSR count). The van der Waals surface area contributed by atoms with Gasteiger partial charge >= 0.3 is 0 Å². The first-order chi connectivity index (χ1) is 7.69. The average Bonchev–Trinajstić information content (AvgIpc) is 2.70. The number of rotatable bonds is 3. The molecule has 1 heterocycles. The molecule has 82 valence electrons. The number of hydrogen-bond acceptors (Lipinski definition) is 2. The lowest BCUT2D eigenvalue weighted by Gasteiger charge is -2.04. The van der Waals surface area contributed by atoms with Gasteiger partial charge in [-0.3, -0.25) is 9.48 Å². The van der Waals surface area contributed by atoms with Gasteiger partial charge in [-0.2, -0.15) is 5.10 Å². The normalized spacial score (nSPS) is 10.4. The number of hydrogen-bond donors (Lipinski definition) is 0. The second kappa shape index (κ2) is 4.68. The molecule has 0 amide bonds. The smallest absolute Gasteiger partial charge is 0.153 e. The second-order valence-electron chi connectivity index (χ2n) is 3.32. The minimum atomic E-state index is 0.518. The fourth-order valence-corrected chi connectivity index (χ4v) is 1.82. The quantitative estimate of drug-likeness (QED) is 0.790. The molecule has 16 heavy (non-hydrogen) atoms. The maximum Gasteiger partial charge on any atom is 0.153 e. The van der Waals surface area contributed by atoms with E-state index in [2.05, 4.69) is 5.10 Å². The van der Waals surface area contributed by atoms with Gasteiger partial charge in [0.25, 0.3) is 0 Å². The van der Waals surface area contributed by atoms with Gasteiger partial charge < -0.3 is 0 Å². The SMILES string of the molecule is O=Cc1cnn(Cc2ccc(Cl)cc2Cl)c1. The molecule has 0 aliphatic carbocycles. The number of halogens is 2. The van der Waals surface area contributed by atoms with Crippen molar-refractivity contribution >= 4 is 29.5 Å². The van der Waals surface area contributed by atoms with Crippen LogP contribution in [0.25, 0.3) is 0 Å². The van der Waals surface area contributed by atoms with E-state index in [0.717, 1.165) is 11.8 Å². The molecule has 0 spiro atoms. The predicted octanol–water partition coefficient (Wildman–Crippen LogP) is 3.05. The lowest BCUT2D eigenvalue weighted by Crippen LogP contribution is -2.00. The van der Waals surface area contributed by atoms with Gasteiger partial charge in [-0.05, 0) is 17.7 Å². The molecule has 0 N–H and O–H groups in total. The summed E-state index contributed by atoms with van der Waals surface area (Å²) in [5.41, 5.74) is 1.46. The largest absolute Gasteiger partial charge is 0.298 e. The second-order valence-corrected chi connectivity index (χ2v) is 4.17. The maximum absolute atomic E-state index is 10.5. The van der Waals surface area contributed by atoms with Gasteiger partial charge in [0.05, 0.1) is 18.3 Å². The molecule has 0 saturated heterocycles. The van der Waals surface area contributed by atoms with Crippen molar-refractivity contribution < 1.29 is 4.79 Å². The Labute approximate surface area is 103 Å². The highest BCUT2D eigenvalue weighted by molar-refractivity contribution is 6.35. The highest BCUT2D eigenvalue weighted by Crippen LogP contribution is 2.21. The van der Waals surface area contributed by atoms with Gasteiger partial charge in [0, 0.05) is 16.2 Å². The first-order valence-electron chi connectivity index (χ1n) is 4.60. The van der Waals surface area contributed by atoms with Crippen molar-refractivity contribution in [1.82, 2.24) is 9.78 Å². The van der Waals surface area contributed by atoms with E-state index in [9.17, 15) is 4.79 Å². The summed E-state index contributed by atoms with van der Waals surface area (Å²) in [6, 6.07) is 5.29. The molecule has 0 saturated carbocycles. The van der Waals surface area contributed by atoms with Crippen LogP contribution in [0, 0.1) is 0 Å². The van der Waals surface area contributed by atoms with Crippen LogP contribution in [0.5, 0.6) is 0 Å². The molecule has 0 fully saturated rings. The summed E-state index contributed by atoms with van der Waals surface area (Å²) >= 11 is 11.8. The Hall–Kier alpha value is -1.32. The van der Waals surface area contributed by atoms with Gasteiger partial charge in [-0.15, -0.1) is 0 Å². The fraction of sp³-hybridized carbons (Fsp3) is 0.0909. The molecule has 0 atom stereocenters. The Morgan fingerprint density at radius 3 is 2.81 bits per heavy atom. The molecule has 5 heteroatoms. The van der Waals surface area contributed by atoms with E-state index >= 15 is 0 Å². The van der Waals surface area contributed by atoms with Gasteiger partial charge in [0.1, 0.15) is 0 Å². The van der Waals surface area contributed by atoms with E-state index in [-0.39, 0.29) is 0 Å². The molecule has 0 radical (unpaired) electrons. The van der Waals surface area contributed by atoms with E-state index in [1.54, 1.807) is 23.0 Å². The highest BCUT2D eigenvalue weighted by Gasteiger charge is 2.03. The molecule has 3 nitrogen and oxygen atoms in total. The van der Waals surface area contributed by atoms with Crippen molar-refractivity contribution in [2.45, 2.75) is 6.54 Å². The first kappa shape index (κ1) is 11.2. The minimum absolute atomic E-state index is 0.518. The highest BCUT2D eigenvalue weighted by atomic mass is 35.5. The van der Waals surface area contributed by atoms with E-state index in [0.29, 0.717) is 22.2 Å². The Bertz CT molecular complexity index is 522. The van der Waals surface area contributed by atoms with Crippen LogP contribution in [0.15, 0.2) is 30.6 Å². The van der Waals surface area contributed by atoms with Crippen molar-refractivity contribution in [3.05, 3.63) is 51.8 Å². The van der Waals surface area contributed by atoms with E-state index < -0.39 is 0 Å². The van der Waals surface area contributed by atoms with Gasteiger partial charge in [-0.25, -0.2) is 0 Å². The van der Waals surface area contributed by atoms with Gasteiger partial charge in [-0.1, -0.05) is 29.3 Å². The van der Waals surface area contributed by atoms with Gasteiger partial charge in [0.2, 0.25) is 0 Å². The molecule has 0 aliphatic rings. The number of carbonyl (C=O) groups excluding carboxylic acids is 1. The summed E-state index contributed by atoms with van der Waals surface area (Å²) in [7, 11) is 0. The molecule has 0 aliphatic heterocycles. The Morgan fingerprint density at radius 2 is 2.19 bits per heavy atom. The molecule has 1 aromatic carbocycles. The lowest BCUT2D eigenvalue weighted by atomic mass is 10.2. The number of aldehydes is 1. The summed E-state index contributed by atoms with van der Waals surface area (Å²) in [5.74, 6) is 0. The first-order valence-corrected chi connectivity index (χ1v) is 5.36. The standard InChI is InChI=1S/C11H8Cl2N2O/c12-10-2-1-9(11(13)3-10)6-15-5-8(7-16)4-14-15/h1-5,7H,6H2. The Morgan fingerprint density at radius 1 is 1.38 bits per heavy atom. The monoisotopic (exact) mass is 254 g/mol. The van der Waals surface area contributed by atoms with Crippen molar-refractivity contribution in [2.75, 3.05) is 0 Å². The molecule has 0 bridgehead atoms. The third-order valence-electron chi connectivity index (χ3n) is 2.14. The minimum Gasteiger partial charge on any atom is -0.298 e. The van der Waals surface area contributed by atoms with Crippen LogP contribution in [0.4, 0.5) is 0 Å². The molecular formula is C11H8Cl2N2O. The van der Waals surface area contributed by atoms with Crippen molar-refractivity contribution in [1.29, 1.82) is 0 Å². The fourth-order valence-electron chi connectivity index (χ4n) is 1.35. The average molecular weight is 255 g/mol. The summed E-state index contributed by atoms with van der Waals surface area (Å²) in [5, 5.41) is 5.23. The van der Waals surface area contributed by atoms with Crippen LogP contribution in [-0.2, 0) is 6.54 Å². The van der Waals surface area contributed by atoms with Crippen LogP contribution in [0.2, 0.25) is 10.0 Å². The molecule has 0 unspecified atom stereocenters. The molecular weight excluding hydrogens is 247 g/mol. The number of carbonyl (C=O) groups is 1. The van der Waals surface area contributed by atoms with Gasteiger partial charge in [0.15, 0.2) is 6.29 Å². The predicted molar refractivity (Wildman–Crippen MR) is 63.2 cm³/mol. The van der Waals surface area contributed by atoms with E-state index in [1.807, 2.05) is 6.07 Å². The third kappa shape index (κ3) is 2.43. The third-order valence-corrected chi connectivity index (χ3v) is 2.72. The number of aromatic nitrogens is 2. The zero-order chi connectivity index (χ0) is 11.5. The van der Waals surface area contributed by atoms with Crippen LogP contribution in [-0.4, -0.2) is 16.1 Å². The maximum atomic E-state index is 10.5. The van der Waals surface area contributed by atoms with Crippen LogP contribution in [0.1, 0.15) is 15.9 Å². The van der Waals surface area contributed by atoms with Crippen molar-refractivity contribution in [2.24, 2.45) is 0 Å². The molecule has 2 aromatic rings. The van der Waals surface area contributed by atoms with E-state index in [4.69, 9.17) is 23.2 Å². The van der Waals surface area contributed by atoms with E-state index in [1.165, 1.54) is 6.20 Å². The topological polar surface area (TPSA) is 34.9 Å². The summed E-state index contributed by atoms with van der Waals surface area (Å²) in [6.45, 7) is 0.518. The zero-order valence-electron chi connectivity index (χ0n) is 8.23. The number of benzene rings is 1. The summed E-state index contributed by atoms with van der Waals surface area (Å²) in [6.07, 6.45) is 3.93. The Balaban J connectivity index is 2.23. The summed E-state index contributed by atoms with van der Waals surface area (Å²) < 4.78 is 1.65. The number of nitrogens with zero attached hydrogens (tertiary/aromatic N) is 2. The van der Waals surface area contributed by atoms with Crippen molar-refractivity contribution in [3.8, 4) is 0 Å². The van der Waals surface area contributed by atoms with Crippen LogP contribution in [0.3, 0.4) is 0 Å². The zero-order valence-corrected chi connectivity index (χ0v) is 9.74. The summed E-state index contributed by atoms with van der Waals surface area (Å²) in [4.78, 5) is 10.5.